The van der Waals surface area contributed by atoms with Gasteiger partial charge >= 0.3 is 0 Å². The summed E-state index contributed by atoms with van der Waals surface area (Å²) < 4.78 is 2.35. The first kappa shape index (κ1) is 26.6. The molecule has 3 heterocycles. The molecule has 1 amide bonds. The normalized spacial score (nSPS) is 16.9. The second kappa shape index (κ2) is 10.7. The van der Waals surface area contributed by atoms with Gasteiger partial charge < -0.3 is 20.1 Å². The van der Waals surface area contributed by atoms with Gasteiger partial charge in [-0.1, -0.05) is 25.1 Å². The molecule has 0 aliphatic carbocycles. The molecule has 1 aliphatic heterocycles. The van der Waals surface area contributed by atoms with E-state index in [2.05, 4.69) is 84.2 Å². The topological polar surface area (TPSA) is 62.2 Å². The maximum atomic E-state index is 12.0. The molecule has 7 heteroatoms. The molecule has 1 fully saturated rings. The SMILES string of the molecule is CCC(=O)Nc1ccc(N2C(=S)N[C@@H](c3ccccn3)[C@H]2c2cc(C)n(-c3cc(C)ccc3C)c2C)cc1C. The predicted octanol–water partition coefficient (Wildman–Crippen LogP) is 6.94. The lowest BCUT2D eigenvalue weighted by molar-refractivity contribution is -0.115. The van der Waals surface area contributed by atoms with Crippen molar-refractivity contribution in [2.24, 2.45) is 0 Å². The molecule has 2 N–H and O–H groups in total. The van der Waals surface area contributed by atoms with E-state index in [4.69, 9.17) is 17.2 Å². The molecule has 0 saturated carbocycles. The molecule has 0 bridgehead atoms. The summed E-state index contributed by atoms with van der Waals surface area (Å²) in [4.78, 5) is 18.9. The molecule has 6 nitrogen and oxygen atoms in total. The fraction of sp³-hybridized carbons (Fsp3) is 0.281. The Morgan fingerprint density at radius 2 is 1.79 bits per heavy atom. The standard InChI is InChI=1S/C32H35N5OS/c1-7-29(38)34-26-14-13-24(17-21(26)4)37-31(30(35-32(37)39)27-10-8-9-15-33-27)25-18-22(5)36(23(25)6)28-16-19(2)11-12-20(28)3/h8-18,30-31H,7H2,1-6H3,(H,34,38)(H,35,39)/t30-,31+/m0/s1. The van der Waals surface area contributed by atoms with Crippen molar-refractivity contribution < 1.29 is 4.79 Å². The highest BCUT2D eigenvalue weighted by atomic mass is 32.1. The minimum absolute atomic E-state index is 0.00353. The molecule has 1 aliphatic rings. The number of carbonyl (C=O) groups excluding carboxylic acids is 1. The zero-order chi connectivity index (χ0) is 27.8. The fourth-order valence-corrected chi connectivity index (χ4v) is 5.89. The van der Waals surface area contributed by atoms with Crippen molar-refractivity contribution in [1.82, 2.24) is 14.9 Å². The number of anilines is 2. The third kappa shape index (κ3) is 4.94. The maximum Gasteiger partial charge on any atom is 0.224 e. The van der Waals surface area contributed by atoms with Crippen LogP contribution in [0.15, 0.2) is 66.9 Å². The number of hydrogen-bond acceptors (Lipinski definition) is 3. The van der Waals surface area contributed by atoms with Crippen molar-refractivity contribution in [3.05, 3.63) is 106 Å². The van der Waals surface area contributed by atoms with Gasteiger partial charge in [0.1, 0.15) is 0 Å². The summed E-state index contributed by atoms with van der Waals surface area (Å²) >= 11 is 5.97. The Morgan fingerprint density at radius 3 is 2.49 bits per heavy atom. The molecule has 2 aromatic carbocycles. The summed E-state index contributed by atoms with van der Waals surface area (Å²) in [5.41, 5.74) is 10.9. The second-order valence-electron chi connectivity index (χ2n) is 10.3. The zero-order valence-corrected chi connectivity index (χ0v) is 24.2. The Morgan fingerprint density at radius 1 is 1.00 bits per heavy atom. The number of aryl methyl sites for hydroxylation is 4. The lowest BCUT2D eigenvalue weighted by Gasteiger charge is -2.29. The monoisotopic (exact) mass is 537 g/mol. The highest BCUT2D eigenvalue weighted by Crippen LogP contribution is 2.44. The van der Waals surface area contributed by atoms with Crippen LogP contribution in [0.1, 0.15) is 64.8 Å². The van der Waals surface area contributed by atoms with Crippen LogP contribution in [-0.2, 0) is 4.79 Å². The van der Waals surface area contributed by atoms with Crippen molar-refractivity contribution in [3.8, 4) is 5.69 Å². The quantitative estimate of drug-likeness (QED) is 0.261. The van der Waals surface area contributed by atoms with Crippen LogP contribution >= 0.6 is 12.2 Å². The van der Waals surface area contributed by atoms with E-state index in [9.17, 15) is 4.79 Å². The minimum Gasteiger partial charge on any atom is -0.351 e. The Balaban J connectivity index is 1.65. The number of pyridine rings is 1. The van der Waals surface area contributed by atoms with Crippen LogP contribution < -0.4 is 15.5 Å². The van der Waals surface area contributed by atoms with Gasteiger partial charge in [0, 0.05) is 41.1 Å². The van der Waals surface area contributed by atoms with Gasteiger partial charge in [0.05, 0.1) is 17.8 Å². The lowest BCUT2D eigenvalue weighted by atomic mass is 9.96. The maximum absolute atomic E-state index is 12.0. The Bertz CT molecular complexity index is 1560. The molecular formula is C32H35N5OS. The van der Waals surface area contributed by atoms with Crippen molar-refractivity contribution in [3.63, 3.8) is 0 Å². The highest BCUT2D eigenvalue weighted by molar-refractivity contribution is 7.80. The number of hydrogen-bond donors (Lipinski definition) is 2. The molecule has 2 aromatic heterocycles. The number of thiocarbonyl (C=S) groups is 1. The van der Waals surface area contributed by atoms with Crippen LogP contribution in [0.5, 0.6) is 0 Å². The van der Waals surface area contributed by atoms with Crippen LogP contribution in [0.2, 0.25) is 0 Å². The molecule has 0 radical (unpaired) electrons. The van der Waals surface area contributed by atoms with Gasteiger partial charge in [-0.3, -0.25) is 9.78 Å². The van der Waals surface area contributed by atoms with Crippen LogP contribution in [0.4, 0.5) is 11.4 Å². The summed E-state index contributed by atoms with van der Waals surface area (Å²) in [6, 6.07) is 20.7. The van der Waals surface area contributed by atoms with Crippen molar-refractivity contribution in [2.45, 2.75) is 60.0 Å². The fourth-order valence-electron chi connectivity index (χ4n) is 5.54. The number of nitrogens with one attached hydrogen (secondary N) is 2. The van der Waals surface area contributed by atoms with E-state index in [0.717, 1.165) is 22.6 Å². The highest BCUT2D eigenvalue weighted by Gasteiger charge is 2.42. The number of nitrogens with zero attached hydrogens (tertiary/aromatic N) is 3. The van der Waals surface area contributed by atoms with E-state index in [1.807, 2.05) is 44.3 Å². The smallest absolute Gasteiger partial charge is 0.224 e. The molecule has 1 saturated heterocycles. The average molecular weight is 538 g/mol. The van der Waals surface area contributed by atoms with Crippen LogP contribution in [-0.4, -0.2) is 20.6 Å². The van der Waals surface area contributed by atoms with E-state index < -0.39 is 0 Å². The largest absolute Gasteiger partial charge is 0.351 e. The average Bonchev–Trinajstić information content (AvgIpc) is 3.41. The summed E-state index contributed by atoms with van der Waals surface area (Å²) in [7, 11) is 0. The van der Waals surface area contributed by atoms with Gasteiger partial charge in [0.2, 0.25) is 5.91 Å². The van der Waals surface area contributed by atoms with E-state index in [0.29, 0.717) is 11.5 Å². The van der Waals surface area contributed by atoms with E-state index in [1.165, 1.54) is 33.8 Å². The molecular weight excluding hydrogens is 502 g/mol. The second-order valence-corrected chi connectivity index (χ2v) is 10.7. The molecule has 2 atom stereocenters. The number of rotatable bonds is 6. The van der Waals surface area contributed by atoms with Gasteiger partial charge in [0.25, 0.3) is 0 Å². The van der Waals surface area contributed by atoms with Gasteiger partial charge in [-0.15, -0.1) is 0 Å². The predicted molar refractivity (Wildman–Crippen MR) is 163 cm³/mol. The summed E-state index contributed by atoms with van der Waals surface area (Å²) in [6.07, 6.45) is 2.26. The third-order valence-electron chi connectivity index (χ3n) is 7.58. The van der Waals surface area contributed by atoms with Crippen molar-refractivity contribution in [2.75, 3.05) is 10.2 Å². The molecule has 200 valence electrons. The Hall–Kier alpha value is -3.97. The summed E-state index contributed by atoms with van der Waals surface area (Å²) in [5.74, 6) is -0.00353. The zero-order valence-electron chi connectivity index (χ0n) is 23.4. The lowest BCUT2D eigenvalue weighted by Crippen LogP contribution is -2.29. The van der Waals surface area contributed by atoms with Crippen molar-refractivity contribution in [1.29, 1.82) is 0 Å². The number of carbonyl (C=O) groups is 1. The van der Waals surface area contributed by atoms with Gasteiger partial charge in [0.15, 0.2) is 5.11 Å². The number of amides is 1. The van der Waals surface area contributed by atoms with Gasteiger partial charge in [-0.25, -0.2) is 0 Å². The minimum atomic E-state index is -0.133. The summed E-state index contributed by atoms with van der Waals surface area (Å²) in [5, 5.41) is 7.22. The Kier molecular flexibility index (Phi) is 7.28. The first-order chi connectivity index (χ1) is 18.7. The molecule has 5 rings (SSSR count). The molecule has 39 heavy (non-hydrogen) atoms. The third-order valence-corrected chi connectivity index (χ3v) is 7.89. The van der Waals surface area contributed by atoms with E-state index in [-0.39, 0.29) is 18.0 Å². The van der Waals surface area contributed by atoms with E-state index in [1.54, 1.807) is 0 Å². The van der Waals surface area contributed by atoms with Crippen LogP contribution in [0, 0.1) is 34.6 Å². The van der Waals surface area contributed by atoms with Crippen LogP contribution in [0.25, 0.3) is 5.69 Å². The summed E-state index contributed by atoms with van der Waals surface area (Å²) in [6.45, 7) is 12.5. The van der Waals surface area contributed by atoms with Crippen LogP contribution in [0.3, 0.4) is 0 Å². The molecule has 0 unspecified atom stereocenters. The molecule has 4 aromatic rings. The van der Waals surface area contributed by atoms with Gasteiger partial charge in [-0.05, 0) is 112 Å². The number of benzene rings is 2. The van der Waals surface area contributed by atoms with E-state index >= 15 is 0 Å². The van der Waals surface area contributed by atoms with Crippen molar-refractivity contribution >= 4 is 34.6 Å². The molecule has 0 spiro atoms. The first-order valence-electron chi connectivity index (χ1n) is 13.4. The first-order valence-corrected chi connectivity index (χ1v) is 13.8. The van der Waals surface area contributed by atoms with Gasteiger partial charge in [-0.2, -0.15) is 0 Å². The number of aromatic nitrogens is 2. The Labute approximate surface area is 236 Å².